The van der Waals surface area contributed by atoms with Crippen LogP contribution in [0.4, 0.5) is 0 Å². The topological polar surface area (TPSA) is 58.6 Å². The molecule has 1 heterocycles. The summed E-state index contributed by atoms with van der Waals surface area (Å²) in [6, 6.07) is 4.82. The summed E-state index contributed by atoms with van der Waals surface area (Å²) in [6.07, 6.45) is 1.99. The molecule has 1 aliphatic rings. The standard InChI is InChI=1S/C14H17Cl2NO3/c1-14(13(18)19,17-8-10-3-2-6-20-10)11-7-9(15)4-5-12(11)16/h4-5,7,10,17H,2-3,6,8H2,1H3,(H,18,19). The van der Waals surface area contributed by atoms with Crippen molar-refractivity contribution in [2.45, 2.75) is 31.4 Å². The predicted octanol–water partition coefficient (Wildman–Crippen LogP) is 3.06. The highest BCUT2D eigenvalue weighted by atomic mass is 35.5. The lowest BCUT2D eigenvalue weighted by Crippen LogP contribution is -2.49. The van der Waals surface area contributed by atoms with E-state index in [1.54, 1.807) is 25.1 Å². The van der Waals surface area contributed by atoms with Gasteiger partial charge in [0.2, 0.25) is 0 Å². The molecule has 1 aromatic rings. The third kappa shape index (κ3) is 3.26. The van der Waals surface area contributed by atoms with Gasteiger partial charge in [-0.25, -0.2) is 4.79 Å². The first kappa shape index (κ1) is 15.6. The SMILES string of the molecule is CC(NCC1CCCO1)(C(=O)O)c1cc(Cl)ccc1Cl. The maximum absolute atomic E-state index is 11.7. The van der Waals surface area contributed by atoms with Crippen molar-refractivity contribution in [3.63, 3.8) is 0 Å². The Morgan fingerprint density at radius 2 is 2.30 bits per heavy atom. The number of aliphatic carboxylic acids is 1. The van der Waals surface area contributed by atoms with Crippen LogP contribution in [-0.4, -0.2) is 30.3 Å². The third-order valence-electron chi connectivity index (χ3n) is 3.60. The Bertz CT molecular complexity index is 503. The Labute approximate surface area is 128 Å². The van der Waals surface area contributed by atoms with E-state index in [1.165, 1.54) is 0 Å². The van der Waals surface area contributed by atoms with Gasteiger partial charge in [-0.3, -0.25) is 5.32 Å². The first-order chi connectivity index (χ1) is 9.43. The molecule has 0 aliphatic carbocycles. The molecule has 4 nitrogen and oxygen atoms in total. The molecule has 2 N–H and O–H groups in total. The van der Waals surface area contributed by atoms with E-state index in [1.807, 2.05) is 0 Å². The average molecular weight is 318 g/mol. The molecular weight excluding hydrogens is 301 g/mol. The van der Waals surface area contributed by atoms with Gasteiger partial charge in [0.15, 0.2) is 0 Å². The minimum absolute atomic E-state index is 0.0478. The van der Waals surface area contributed by atoms with Gasteiger partial charge in [0.1, 0.15) is 5.54 Å². The quantitative estimate of drug-likeness (QED) is 0.876. The highest BCUT2D eigenvalue weighted by Gasteiger charge is 2.37. The first-order valence-electron chi connectivity index (χ1n) is 6.49. The summed E-state index contributed by atoms with van der Waals surface area (Å²) in [4.78, 5) is 11.7. The van der Waals surface area contributed by atoms with E-state index in [0.717, 1.165) is 19.4 Å². The van der Waals surface area contributed by atoms with Crippen LogP contribution in [0.3, 0.4) is 0 Å². The number of carboxylic acid groups (broad SMARTS) is 1. The molecule has 6 heteroatoms. The molecule has 1 aliphatic heterocycles. The van der Waals surface area contributed by atoms with Crippen molar-refractivity contribution in [2.24, 2.45) is 0 Å². The van der Waals surface area contributed by atoms with Gasteiger partial charge in [0.05, 0.1) is 6.10 Å². The van der Waals surface area contributed by atoms with E-state index in [-0.39, 0.29) is 6.10 Å². The molecule has 0 bridgehead atoms. The number of hydrogen-bond acceptors (Lipinski definition) is 3. The summed E-state index contributed by atoms with van der Waals surface area (Å²) < 4.78 is 5.50. The zero-order chi connectivity index (χ0) is 14.8. The maximum atomic E-state index is 11.7. The fourth-order valence-electron chi connectivity index (χ4n) is 2.29. The van der Waals surface area contributed by atoms with Crippen LogP contribution in [-0.2, 0) is 15.1 Å². The second-order valence-corrected chi connectivity index (χ2v) is 5.91. The summed E-state index contributed by atoms with van der Waals surface area (Å²) in [6.45, 7) is 2.78. The number of halogens is 2. The summed E-state index contributed by atoms with van der Waals surface area (Å²) in [7, 11) is 0. The molecule has 110 valence electrons. The van der Waals surface area contributed by atoms with Gasteiger partial charge in [-0.1, -0.05) is 23.2 Å². The molecule has 0 spiro atoms. The molecule has 20 heavy (non-hydrogen) atoms. The molecule has 0 radical (unpaired) electrons. The smallest absolute Gasteiger partial charge is 0.328 e. The average Bonchev–Trinajstić information content (AvgIpc) is 2.92. The van der Waals surface area contributed by atoms with Crippen molar-refractivity contribution in [2.75, 3.05) is 13.2 Å². The number of ether oxygens (including phenoxy) is 1. The van der Waals surface area contributed by atoms with Crippen LogP contribution in [0.1, 0.15) is 25.3 Å². The van der Waals surface area contributed by atoms with E-state index < -0.39 is 11.5 Å². The molecule has 1 fully saturated rings. The van der Waals surface area contributed by atoms with Crippen molar-refractivity contribution in [1.29, 1.82) is 0 Å². The van der Waals surface area contributed by atoms with Crippen molar-refractivity contribution in [3.8, 4) is 0 Å². The Hall–Kier alpha value is -0.810. The fraction of sp³-hybridized carbons (Fsp3) is 0.500. The molecule has 2 unspecified atom stereocenters. The van der Waals surface area contributed by atoms with Gasteiger partial charge in [-0.2, -0.15) is 0 Å². The summed E-state index contributed by atoms with van der Waals surface area (Å²) in [5.41, 5.74) is -0.842. The zero-order valence-electron chi connectivity index (χ0n) is 11.2. The highest BCUT2D eigenvalue weighted by Crippen LogP contribution is 2.31. The van der Waals surface area contributed by atoms with Crippen LogP contribution in [0, 0.1) is 0 Å². The molecule has 1 saturated heterocycles. The Balaban J connectivity index is 2.23. The highest BCUT2D eigenvalue weighted by molar-refractivity contribution is 6.33. The first-order valence-corrected chi connectivity index (χ1v) is 7.24. The number of hydrogen-bond donors (Lipinski definition) is 2. The van der Waals surface area contributed by atoms with Crippen LogP contribution in [0.25, 0.3) is 0 Å². The van der Waals surface area contributed by atoms with Crippen molar-refractivity contribution in [3.05, 3.63) is 33.8 Å². The molecular formula is C14H17Cl2NO3. The van der Waals surface area contributed by atoms with E-state index >= 15 is 0 Å². The summed E-state index contributed by atoms with van der Waals surface area (Å²) in [5.74, 6) is -1.00. The number of carbonyl (C=O) groups is 1. The molecule has 2 atom stereocenters. The normalized spacial score (nSPS) is 21.6. The minimum atomic E-state index is -1.30. The Morgan fingerprint density at radius 3 is 2.90 bits per heavy atom. The monoisotopic (exact) mass is 317 g/mol. The van der Waals surface area contributed by atoms with Gasteiger partial charge >= 0.3 is 5.97 Å². The summed E-state index contributed by atoms with van der Waals surface area (Å²) >= 11 is 12.1. The number of nitrogens with one attached hydrogen (secondary N) is 1. The second-order valence-electron chi connectivity index (χ2n) is 5.07. The van der Waals surface area contributed by atoms with Crippen molar-refractivity contribution >= 4 is 29.2 Å². The van der Waals surface area contributed by atoms with Crippen LogP contribution in [0.15, 0.2) is 18.2 Å². The van der Waals surface area contributed by atoms with Gasteiger partial charge in [-0.15, -0.1) is 0 Å². The van der Waals surface area contributed by atoms with Crippen molar-refractivity contribution < 1.29 is 14.6 Å². The maximum Gasteiger partial charge on any atom is 0.328 e. The Kier molecular flexibility index (Phi) is 4.91. The van der Waals surface area contributed by atoms with E-state index in [0.29, 0.717) is 22.2 Å². The van der Waals surface area contributed by atoms with E-state index in [9.17, 15) is 9.90 Å². The summed E-state index contributed by atoms with van der Waals surface area (Å²) in [5, 5.41) is 13.5. The molecule has 0 aromatic heterocycles. The predicted molar refractivity (Wildman–Crippen MR) is 78.4 cm³/mol. The van der Waals surface area contributed by atoms with Crippen molar-refractivity contribution in [1.82, 2.24) is 5.32 Å². The van der Waals surface area contributed by atoms with E-state index in [2.05, 4.69) is 5.32 Å². The lowest BCUT2D eigenvalue weighted by Gasteiger charge is -2.29. The van der Waals surface area contributed by atoms with Crippen LogP contribution >= 0.6 is 23.2 Å². The third-order valence-corrected chi connectivity index (χ3v) is 4.17. The molecule has 2 rings (SSSR count). The number of rotatable bonds is 5. The van der Waals surface area contributed by atoms with Gasteiger partial charge < -0.3 is 9.84 Å². The van der Waals surface area contributed by atoms with Gasteiger partial charge in [0.25, 0.3) is 0 Å². The molecule has 1 aromatic carbocycles. The minimum Gasteiger partial charge on any atom is -0.480 e. The largest absolute Gasteiger partial charge is 0.480 e. The number of benzene rings is 1. The lowest BCUT2D eigenvalue weighted by atomic mass is 9.91. The Morgan fingerprint density at radius 1 is 1.55 bits per heavy atom. The van der Waals surface area contributed by atoms with E-state index in [4.69, 9.17) is 27.9 Å². The molecule has 0 amide bonds. The van der Waals surface area contributed by atoms with Crippen LogP contribution in [0.5, 0.6) is 0 Å². The van der Waals surface area contributed by atoms with Gasteiger partial charge in [0, 0.05) is 28.8 Å². The molecule has 0 saturated carbocycles. The van der Waals surface area contributed by atoms with Gasteiger partial charge in [-0.05, 0) is 38.0 Å². The fourth-order valence-corrected chi connectivity index (χ4v) is 2.77. The lowest BCUT2D eigenvalue weighted by molar-refractivity contribution is -0.144. The van der Waals surface area contributed by atoms with Crippen LogP contribution < -0.4 is 5.32 Å². The zero-order valence-corrected chi connectivity index (χ0v) is 12.7. The van der Waals surface area contributed by atoms with Crippen LogP contribution in [0.2, 0.25) is 10.0 Å². The number of carboxylic acids is 1. The second kappa shape index (κ2) is 6.31.